The van der Waals surface area contributed by atoms with Crippen molar-refractivity contribution in [2.24, 2.45) is 11.8 Å². The van der Waals surface area contributed by atoms with Crippen LogP contribution in [0.15, 0.2) is 24.3 Å². The maximum atomic E-state index is 12.6. The van der Waals surface area contributed by atoms with E-state index >= 15 is 0 Å². The van der Waals surface area contributed by atoms with Crippen LogP contribution in [0, 0.1) is 11.8 Å². The molecule has 0 bridgehead atoms. The van der Waals surface area contributed by atoms with Crippen molar-refractivity contribution >= 4 is 17.4 Å². The minimum absolute atomic E-state index is 0.0327. The second kappa shape index (κ2) is 5.87. The Morgan fingerprint density at radius 3 is 2.35 bits per heavy atom. The van der Waals surface area contributed by atoms with Crippen LogP contribution >= 0.6 is 11.6 Å². The highest BCUT2D eigenvalue weighted by Crippen LogP contribution is 2.34. The molecule has 2 fully saturated rings. The van der Waals surface area contributed by atoms with Crippen LogP contribution in [0.2, 0.25) is 5.02 Å². The van der Waals surface area contributed by atoms with Crippen LogP contribution in [0.4, 0.5) is 0 Å². The molecule has 1 atom stereocenters. The Hall–Kier alpha value is -0.860. The molecule has 1 aromatic carbocycles. The fourth-order valence-corrected chi connectivity index (χ4v) is 2.89. The summed E-state index contributed by atoms with van der Waals surface area (Å²) in [5.74, 6) is 1.85. The fourth-order valence-electron chi connectivity index (χ4n) is 2.70. The van der Waals surface area contributed by atoms with Crippen LogP contribution in [0.25, 0.3) is 0 Å². The largest absolute Gasteiger partial charge is 0.293 e. The molecule has 3 rings (SSSR count). The molecule has 0 spiro atoms. The van der Waals surface area contributed by atoms with E-state index in [1.807, 2.05) is 25.1 Å². The molecule has 0 radical (unpaired) electrons. The Morgan fingerprint density at radius 1 is 1.25 bits per heavy atom. The van der Waals surface area contributed by atoms with Crippen LogP contribution in [0.5, 0.6) is 0 Å². The zero-order chi connectivity index (χ0) is 14.1. The van der Waals surface area contributed by atoms with Gasteiger partial charge < -0.3 is 0 Å². The van der Waals surface area contributed by atoms with Gasteiger partial charge in [-0.3, -0.25) is 9.69 Å². The monoisotopic (exact) mass is 291 g/mol. The summed E-state index contributed by atoms with van der Waals surface area (Å²) in [5.41, 5.74) is 0.738. The van der Waals surface area contributed by atoms with Gasteiger partial charge in [0.05, 0.1) is 6.04 Å². The van der Waals surface area contributed by atoms with Crippen molar-refractivity contribution in [3.63, 3.8) is 0 Å². The smallest absolute Gasteiger partial charge is 0.179 e. The van der Waals surface area contributed by atoms with Gasteiger partial charge in [-0.2, -0.15) is 0 Å². The van der Waals surface area contributed by atoms with Crippen molar-refractivity contribution in [2.45, 2.75) is 38.6 Å². The van der Waals surface area contributed by atoms with Gasteiger partial charge in [-0.15, -0.1) is 0 Å². The Labute approximate surface area is 126 Å². The van der Waals surface area contributed by atoms with Gasteiger partial charge in [0.2, 0.25) is 0 Å². The van der Waals surface area contributed by atoms with Gasteiger partial charge in [0.15, 0.2) is 5.78 Å². The van der Waals surface area contributed by atoms with Gasteiger partial charge in [0, 0.05) is 23.7 Å². The summed E-state index contributed by atoms with van der Waals surface area (Å²) in [6, 6.07) is 7.29. The lowest BCUT2D eigenvalue weighted by molar-refractivity contribution is 0.0824. The minimum atomic E-state index is -0.0327. The standard InChI is InChI=1S/C17H22ClNO/c1-12(17(20)15-3-2-4-16(18)9-15)19(10-13-5-6-13)11-14-7-8-14/h2-4,9,12-14H,5-8,10-11H2,1H3. The molecular formula is C17H22ClNO. The van der Waals surface area contributed by atoms with Crippen molar-refractivity contribution in [1.29, 1.82) is 0 Å². The molecule has 1 aromatic rings. The molecule has 0 saturated heterocycles. The second-order valence-electron chi connectivity index (χ2n) is 6.39. The zero-order valence-corrected chi connectivity index (χ0v) is 12.8. The van der Waals surface area contributed by atoms with Gasteiger partial charge in [0.25, 0.3) is 0 Å². The third kappa shape index (κ3) is 3.62. The number of carbonyl (C=O) groups excluding carboxylic acids is 1. The van der Waals surface area contributed by atoms with Crippen LogP contribution in [-0.4, -0.2) is 29.8 Å². The van der Waals surface area contributed by atoms with Crippen molar-refractivity contribution in [3.05, 3.63) is 34.9 Å². The molecule has 0 aliphatic heterocycles. The lowest BCUT2D eigenvalue weighted by Gasteiger charge is -2.28. The van der Waals surface area contributed by atoms with E-state index in [1.54, 1.807) is 6.07 Å². The number of halogens is 1. The first-order valence-corrected chi connectivity index (χ1v) is 8.05. The van der Waals surface area contributed by atoms with Gasteiger partial charge in [0.1, 0.15) is 0 Å². The van der Waals surface area contributed by atoms with Crippen LogP contribution in [0.3, 0.4) is 0 Å². The highest BCUT2D eigenvalue weighted by atomic mass is 35.5. The average Bonchev–Trinajstić information content (AvgIpc) is 3.31. The molecule has 0 amide bonds. The summed E-state index contributed by atoms with van der Waals surface area (Å²) < 4.78 is 0. The number of nitrogens with zero attached hydrogens (tertiary/aromatic N) is 1. The molecular weight excluding hydrogens is 270 g/mol. The molecule has 108 valence electrons. The predicted octanol–water partition coefficient (Wildman–Crippen LogP) is 4.03. The summed E-state index contributed by atoms with van der Waals surface area (Å²) in [6.45, 7) is 4.22. The Balaban J connectivity index is 1.69. The first-order valence-electron chi connectivity index (χ1n) is 7.67. The highest BCUT2D eigenvalue weighted by molar-refractivity contribution is 6.31. The lowest BCUT2D eigenvalue weighted by Crippen LogP contribution is -2.41. The van der Waals surface area contributed by atoms with E-state index in [-0.39, 0.29) is 11.8 Å². The van der Waals surface area contributed by atoms with Crippen LogP contribution < -0.4 is 0 Å². The lowest BCUT2D eigenvalue weighted by atomic mass is 10.0. The van der Waals surface area contributed by atoms with Crippen molar-refractivity contribution in [1.82, 2.24) is 4.90 Å². The molecule has 0 heterocycles. The van der Waals surface area contributed by atoms with Gasteiger partial charge in [-0.1, -0.05) is 23.7 Å². The molecule has 3 heteroatoms. The zero-order valence-electron chi connectivity index (χ0n) is 12.0. The average molecular weight is 292 g/mol. The molecule has 2 saturated carbocycles. The Bertz CT molecular complexity index is 480. The summed E-state index contributed by atoms with van der Waals surface area (Å²) in [6.07, 6.45) is 5.33. The summed E-state index contributed by atoms with van der Waals surface area (Å²) >= 11 is 6.00. The molecule has 2 nitrogen and oxygen atoms in total. The first-order chi connectivity index (χ1) is 9.63. The second-order valence-corrected chi connectivity index (χ2v) is 6.83. The third-order valence-corrected chi connectivity index (χ3v) is 4.65. The Kier molecular flexibility index (Phi) is 4.13. The maximum Gasteiger partial charge on any atom is 0.179 e. The molecule has 0 aromatic heterocycles. The minimum Gasteiger partial charge on any atom is -0.293 e. The molecule has 1 unspecified atom stereocenters. The quantitative estimate of drug-likeness (QED) is 0.707. The normalized spacial score (nSPS) is 20.1. The maximum absolute atomic E-state index is 12.6. The van der Waals surface area contributed by atoms with E-state index in [9.17, 15) is 4.79 Å². The predicted molar refractivity (Wildman–Crippen MR) is 82.3 cm³/mol. The van der Waals surface area contributed by atoms with Gasteiger partial charge >= 0.3 is 0 Å². The van der Waals surface area contributed by atoms with E-state index < -0.39 is 0 Å². The van der Waals surface area contributed by atoms with E-state index in [4.69, 9.17) is 11.6 Å². The number of hydrogen-bond donors (Lipinski definition) is 0. The number of hydrogen-bond acceptors (Lipinski definition) is 2. The van der Waals surface area contributed by atoms with Crippen molar-refractivity contribution in [3.8, 4) is 0 Å². The number of Topliss-reactive ketones (excluding diaryl/α,β-unsaturated/α-hetero) is 1. The molecule has 20 heavy (non-hydrogen) atoms. The Morgan fingerprint density at radius 2 is 1.85 bits per heavy atom. The topological polar surface area (TPSA) is 20.3 Å². The number of benzene rings is 1. The summed E-state index contributed by atoms with van der Waals surface area (Å²) in [5, 5.41) is 0.638. The summed E-state index contributed by atoms with van der Waals surface area (Å²) in [4.78, 5) is 15.0. The number of carbonyl (C=O) groups is 1. The number of rotatable bonds is 7. The SMILES string of the molecule is CC(C(=O)c1cccc(Cl)c1)N(CC1CC1)CC1CC1. The van der Waals surface area contributed by atoms with Crippen molar-refractivity contribution in [2.75, 3.05) is 13.1 Å². The van der Waals surface area contributed by atoms with E-state index in [2.05, 4.69) is 4.90 Å². The first kappa shape index (κ1) is 14.1. The van der Waals surface area contributed by atoms with Gasteiger partial charge in [-0.25, -0.2) is 0 Å². The number of ketones is 1. The molecule has 0 N–H and O–H groups in total. The molecule has 2 aliphatic rings. The highest BCUT2D eigenvalue weighted by Gasteiger charge is 2.33. The molecule has 2 aliphatic carbocycles. The van der Waals surface area contributed by atoms with Crippen molar-refractivity contribution < 1.29 is 4.79 Å². The van der Waals surface area contributed by atoms with Gasteiger partial charge in [-0.05, 0) is 56.6 Å². The third-order valence-electron chi connectivity index (χ3n) is 4.42. The van der Waals surface area contributed by atoms with E-state index in [1.165, 1.54) is 25.7 Å². The van der Waals surface area contributed by atoms with E-state index in [0.717, 1.165) is 30.5 Å². The summed E-state index contributed by atoms with van der Waals surface area (Å²) in [7, 11) is 0. The van der Waals surface area contributed by atoms with Crippen LogP contribution in [0.1, 0.15) is 43.0 Å². The van der Waals surface area contributed by atoms with Crippen LogP contribution in [-0.2, 0) is 0 Å². The van der Waals surface area contributed by atoms with E-state index in [0.29, 0.717) is 5.02 Å². The fraction of sp³-hybridized carbons (Fsp3) is 0.588.